The number of benzene rings is 2. The molecule has 0 radical (unpaired) electrons. The highest BCUT2D eigenvalue weighted by Crippen LogP contribution is 2.54. The third kappa shape index (κ3) is 2.31. The smallest absolute Gasteiger partial charge is 0.161 e. The van der Waals surface area contributed by atoms with Gasteiger partial charge in [0, 0.05) is 11.6 Å². The van der Waals surface area contributed by atoms with Gasteiger partial charge in [0.15, 0.2) is 11.6 Å². The second-order valence-electron chi connectivity index (χ2n) is 5.15. The van der Waals surface area contributed by atoms with E-state index in [0.717, 1.165) is 11.6 Å². The average Bonchev–Trinajstić information content (AvgIpc) is 3.23. The number of aliphatic hydroxyl groups excluding tert-OH is 1. The van der Waals surface area contributed by atoms with Crippen molar-refractivity contribution in [3.63, 3.8) is 0 Å². The minimum atomic E-state index is -1.24. The number of halogens is 3. The molecule has 1 nitrogen and oxygen atoms in total. The van der Waals surface area contributed by atoms with Crippen molar-refractivity contribution in [2.75, 3.05) is 0 Å². The fraction of sp³-hybridized carbons (Fsp3) is 0.250. The van der Waals surface area contributed by atoms with Crippen LogP contribution in [0.3, 0.4) is 0 Å². The monoisotopic (exact) mass is 278 g/mol. The van der Waals surface area contributed by atoms with E-state index < -0.39 is 23.6 Å². The lowest BCUT2D eigenvalue weighted by Crippen LogP contribution is -2.06. The van der Waals surface area contributed by atoms with Crippen LogP contribution in [0.1, 0.15) is 29.6 Å². The molecule has 0 aliphatic heterocycles. The fourth-order valence-electron chi connectivity index (χ4n) is 2.64. The van der Waals surface area contributed by atoms with Gasteiger partial charge in [-0.15, -0.1) is 0 Å². The molecule has 0 bridgehead atoms. The lowest BCUT2D eigenvalue weighted by atomic mass is 10.0. The van der Waals surface area contributed by atoms with Crippen LogP contribution in [-0.2, 0) is 0 Å². The van der Waals surface area contributed by atoms with Gasteiger partial charge in [-0.2, -0.15) is 0 Å². The first-order valence-corrected chi connectivity index (χ1v) is 6.45. The molecule has 3 atom stereocenters. The lowest BCUT2D eigenvalue weighted by Gasteiger charge is -2.12. The zero-order valence-corrected chi connectivity index (χ0v) is 10.6. The van der Waals surface area contributed by atoms with Gasteiger partial charge in [0.2, 0.25) is 0 Å². The summed E-state index contributed by atoms with van der Waals surface area (Å²) in [6.07, 6.45) is -0.404. The highest BCUT2D eigenvalue weighted by atomic mass is 19.2. The van der Waals surface area contributed by atoms with E-state index in [9.17, 15) is 18.3 Å². The van der Waals surface area contributed by atoms with E-state index in [1.54, 1.807) is 0 Å². The van der Waals surface area contributed by atoms with Crippen LogP contribution in [0.25, 0.3) is 0 Å². The number of hydrogen-bond donors (Lipinski definition) is 1. The van der Waals surface area contributed by atoms with Gasteiger partial charge in [0.05, 0.1) is 6.10 Å². The molecule has 1 fully saturated rings. The predicted molar refractivity (Wildman–Crippen MR) is 68.6 cm³/mol. The molecule has 3 unspecified atom stereocenters. The first kappa shape index (κ1) is 13.2. The predicted octanol–water partition coefficient (Wildman–Crippen LogP) is 3.94. The van der Waals surface area contributed by atoms with Crippen molar-refractivity contribution in [2.45, 2.75) is 18.4 Å². The largest absolute Gasteiger partial charge is 0.388 e. The SMILES string of the molecule is OC(c1cc(F)c(F)cc1F)C1CC1c1ccccc1. The van der Waals surface area contributed by atoms with Crippen molar-refractivity contribution >= 4 is 0 Å². The molecule has 0 aromatic heterocycles. The van der Waals surface area contributed by atoms with Gasteiger partial charge >= 0.3 is 0 Å². The molecule has 3 rings (SSSR count). The highest BCUT2D eigenvalue weighted by molar-refractivity contribution is 5.30. The number of hydrogen-bond acceptors (Lipinski definition) is 1. The summed E-state index contributed by atoms with van der Waals surface area (Å²) in [5.74, 6) is -3.31. The summed E-state index contributed by atoms with van der Waals surface area (Å²) in [7, 11) is 0. The van der Waals surface area contributed by atoms with Crippen LogP contribution in [0.5, 0.6) is 0 Å². The molecule has 1 saturated carbocycles. The van der Waals surface area contributed by atoms with Crippen LogP contribution in [0.15, 0.2) is 42.5 Å². The average molecular weight is 278 g/mol. The standard InChI is InChI=1S/C16H13F3O/c17-13-8-15(19)14(18)7-12(13)16(20)11-6-10(11)9-4-2-1-3-5-9/h1-5,7-8,10-11,16,20H,6H2. The van der Waals surface area contributed by atoms with Gasteiger partial charge in [-0.05, 0) is 29.9 Å². The van der Waals surface area contributed by atoms with Crippen LogP contribution < -0.4 is 0 Å². The maximum Gasteiger partial charge on any atom is 0.161 e. The number of aliphatic hydroxyl groups is 1. The minimum Gasteiger partial charge on any atom is -0.388 e. The molecule has 1 N–H and O–H groups in total. The summed E-state index contributed by atoms with van der Waals surface area (Å²) in [5.41, 5.74) is 0.895. The van der Waals surface area contributed by atoms with Crippen LogP contribution in [-0.4, -0.2) is 5.11 Å². The molecule has 0 heterocycles. The van der Waals surface area contributed by atoms with Crippen molar-refractivity contribution < 1.29 is 18.3 Å². The molecule has 2 aromatic carbocycles. The van der Waals surface area contributed by atoms with Crippen molar-refractivity contribution in [3.8, 4) is 0 Å². The Labute approximate surface area is 114 Å². The molecular formula is C16H13F3O. The van der Waals surface area contributed by atoms with Crippen molar-refractivity contribution in [1.29, 1.82) is 0 Å². The molecule has 2 aromatic rings. The zero-order chi connectivity index (χ0) is 14.3. The van der Waals surface area contributed by atoms with E-state index in [0.29, 0.717) is 12.5 Å². The summed E-state index contributed by atoms with van der Waals surface area (Å²) in [5, 5.41) is 10.2. The normalized spacial score (nSPS) is 22.6. The van der Waals surface area contributed by atoms with Gasteiger partial charge in [0.1, 0.15) is 5.82 Å². The first-order valence-electron chi connectivity index (χ1n) is 6.45. The Morgan fingerprint density at radius 3 is 2.30 bits per heavy atom. The van der Waals surface area contributed by atoms with Crippen LogP contribution in [0, 0.1) is 23.4 Å². The fourth-order valence-corrected chi connectivity index (χ4v) is 2.64. The summed E-state index contributed by atoms with van der Waals surface area (Å²) in [4.78, 5) is 0. The van der Waals surface area contributed by atoms with Crippen LogP contribution in [0.2, 0.25) is 0 Å². The summed E-state index contributed by atoms with van der Waals surface area (Å²) >= 11 is 0. The summed E-state index contributed by atoms with van der Waals surface area (Å²) in [6, 6.07) is 10.8. The summed E-state index contributed by atoms with van der Waals surface area (Å²) < 4.78 is 39.7. The molecule has 104 valence electrons. The topological polar surface area (TPSA) is 20.2 Å². The Hall–Kier alpha value is -1.81. The molecular weight excluding hydrogens is 265 g/mol. The van der Waals surface area contributed by atoms with Crippen molar-refractivity contribution in [1.82, 2.24) is 0 Å². The molecule has 1 aliphatic carbocycles. The second kappa shape index (κ2) is 4.94. The molecule has 0 spiro atoms. The zero-order valence-electron chi connectivity index (χ0n) is 10.6. The van der Waals surface area contributed by atoms with Gasteiger partial charge in [-0.1, -0.05) is 30.3 Å². The van der Waals surface area contributed by atoms with E-state index in [1.807, 2.05) is 30.3 Å². The number of rotatable bonds is 3. The van der Waals surface area contributed by atoms with Gasteiger partial charge in [0.25, 0.3) is 0 Å². The highest BCUT2D eigenvalue weighted by Gasteiger charge is 2.44. The van der Waals surface area contributed by atoms with Crippen LogP contribution >= 0.6 is 0 Å². The molecule has 4 heteroatoms. The first-order chi connectivity index (χ1) is 9.58. The molecule has 20 heavy (non-hydrogen) atoms. The second-order valence-corrected chi connectivity index (χ2v) is 5.15. The van der Waals surface area contributed by atoms with E-state index in [2.05, 4.69) is 0 Å². The third-order valence-corrected chi connectivity index (χ3v) is 3.83. The van der Waals surface area contributed by atoms with Crippen LogP contribution in [0.4, 0.5) is 13.2 Å². The quantitative estimate of drug-likeness (QED) is 0.843. The Morgan fingerprint density at radius 2 is 1.60 bits per heavy atom. The maximum atomic E-state index is 13.6. The van der Waals surface area contributed by atoms with E-state index in [1.165, 1.54) is 0 Å². The van der Waals surface area contributed by atoms with Gasteiger partial charge in [-0.3, -0.25) is 0 Å². The Bertz CT molecular complexity index is 627. The maximum absolute atomic E-state index is 13.6. The van der Waals surface area contributed by atoms with Crippen molar-refractivity contribution in [3.05, 3.63) is 71.0 Å². The third-order valence-electron chi connectivity index (χ3n) is 3.83. The van der Waals surface area contributed by atoms with Gasteiger partial charge < -0.3 is 5.11 Å². The van der Waals surface area contributed by atoms with E-state index in [-0.39, 0.29) is 17.4 Å². The van der Waals surface area contributed by atoms with E-state index in [4.69, 9.17) is 0 Å². The molecule has 0 amide bonds. The minimum absolute atomic E-state index is 0.138. The molecule has 0 saturated heterocycles. The van der Waals surface area contributed by atoms with E-state index >= 15 is 0 Å². The lowest BCUT2D eigenvalue weighted by molar-refractivity contribution is 0.146. The molecule has 1 aliphatic rings. The summed E-state index contributed by atoms with van der Waals surface area (Å²) in [6.45, 7) is 0. The Morgan fingerprint density at radius 1 is 0.950 bits per heavy atom. The Balaban J connectivity index is 1.82. The van der Waals surface area contributed by atoms with Gasteiger partial charge in [-0.25, -0.2) is 13.2 Å². The Kier molecular flexibility index (Phi) is 3.26. The van der Waals surface area contributed by atoms with Crippen molar-refractivity contribution in [2.24, 2.45) is 5.92 Å².